The lowest BCUT2D eigenvalue weighted by Crippen LogP contribution is -2.17. The van der Waals surface area contributed by atoms with E-state index in [4.69, 9.17) is 17.3 Å². The van der Waals surface area contributed by atoms with Crippen LogP contribution in [0.3, 0.4) is 0 Å². The minimum absolute atomic E-state index is 0.0381. The number of nitrogens with two attached hydrogens (primary N) is 1. The molecule has 1 rings (SSSR count). The van der Waals surface area contributed by atoms with Crippen LogP contribution in [0.15, 0.2) is 12.1 Å². The molecule has 0 aromatic heterocycles. The molecule has 7 heteroatoms. The Morgan fingerprint density at radius 2 is 1.93 bits per heavy atom. The lowest BCUT2D eigenvalue weighted by Gasteiger charge is -2.10. The molecule has 0 saturated carbocycles. The van der Waals surface area contributed by atoms with E-state index >= 15 is 0 Å². The highest BCUT2D eigenvalue weighted by atomic mass is 127. The standard InChI is InChI=1S/C7H4ClF3INO/c8-4-1-3(14-7(9,10)11)2-5(12)6(4)13/h1-2H,13H2. The molecule has 1 aromatic rings. The highest BCUT2D eigenvalue weighted by Gasteiger charge is 2.31. The fourth-order valence-corrected chi connectivity index (χ4v) is 1.72. The molecule has 0 radical (unpaired) electrons. The van der Waals surface area contributed by atoms with E-state index in [2.05, 4.69) is 4.74 Å². The molecular formula is C7H4ClF3INO. The number of hydrogen-bond acceptors (Lipinski definition) is 2. The lowest BCUT2D eigenvalue weighted by atomic mass is 10.3. The maximum Gasteiger partial charge on any atom is 0.573 e. The van der Waals surface area contributed by atoms with Gasteiger partial charge in [-0.2, -0.15) is 0 Å². The van der Waals surface area contributed by atoms with Crippen LogP contribution in [0.25, 0.3) is 0 Å². The maximum absolute atomic E-state index is 11.8. The van der Waals surface area contributed by atoms with Gasteiger partial charge in [0.05, 0.1) is 10.7 Å². The fraction of sp³-hybridized carbons (Fsp3) is 0.143. The first-order chi connectivity index (χ1) is 6.29. The molecule has 0 fully saturated rings. The van der Waals surface area contributed by atoms with Crippen LogP contribution in [0.5, 0.6) is 5.75 Å². The number of halogens is 5. The van der Waals surface area contributed by atoms with Crippen molar-refractivity contribution in [1.29, 1.82) is 0 Å². The van der Waals surface area contributed by atoms with Gasteiger partial charge in [0.15, 0.2) is 0 Å². The van der Waals surface area contributed by atoms with Crippen LogP contribution in [0.4, 0.5) is 18.9 Å². The number of ether oxygens (including phenoxy) is 1. The predicted octanol–water partition coefficient (Wildman–Crippen LogP) is 3.43. The normalized spacial score (nSPS) is 11.5. The van der Waals surface area contributed by atoms with Gasteiger partial charge in [-0.1, -0.05) is 11.6 Å². The average Bonchev–Trinajstić information content (AvgIpc) is 1.96. The van der Waals surface area contributed by atoms with Gasteiger partial charge in [0.2, 0.25) is 0 Å². The second-order valence-electron chi connectivity index (χ2n) is 2.35. The number of hydrogen-bond donors (Lipinski definition) is 1. The van der Waals surface area contributed by atoms with Crippen molar-refractivity contribution in [3.8, 4) is 5.75 Å². The molecule has 0 unspecified atom stereocenters. The van der Waals surface area contributed by atoms with E-state index in [1.165, 1.54) is 0 Å². The number of benzene rings is 1. The minimum Gasteiger partial charge on any atom is -0.406 e. The van der Waals surface area contributed by atoms with Crippen molar-refractivity contribution >= 4 is 39.9 Å². The van der Waals surface area contributed by atoms with Crippen LogP contribution in [0, 0.1) is 3.57 Å². The van der Waals surface area contributed by atoms with Crippen molar-refractivity contribution in [3.63, 3.8) is 0 Å². The maximum atomic E-state index is 11.8. The van der Waals surface area contributed by atoms with E-state index in [1.54, 1.807) is 22.6 Å². The first-order valence-corrected chi connectivity index (χ1v) is 4.75. The second kappa shape index (κ2) is 4.01. The molecule has 0 atom stereocenters. The molecule has 2 N–H and O–H groups in total. The smallest absolute Gasteiger partial charge is 0.406 e. The van der Waals surface area contributed by atoms with Gasteiger partial charge in [-0.3, -0.25) is 0 Å². The number of nitrogen functional groups attached to an aromatic ring is 1. The van der Waals surface area contributed by atoms with E-state index in [-0.39, 0.29) is 16.5 Å². The summed E-state index contributed by atoms with van der Waals surface area (Å²) in [6.45, 7) is 0. The molecular weight excluding hydrogens is 333 g/mol. The van der Waals surface area contributed by atoms with Crippen LogP contribution >= 0.6 is 34.2 Å². The molecule has 0 aliphatic carbocycles. The van der Waals surface area contributed by atoms with Crippen molar-refractivity contribution < 1.29 is 17.9 Å². The van der Waals surface area contributed by atoms with Crippen molar-refractivity contribution in [3.05, 3.63) is 20.7 Å². The highest BCUT2D eigenvalue weighted by Crippen LogP contribution is 2.32. The topological polar surface area (TPSA) is 35.2 Å². The lowest BCUT2D eigenvalue weighted by molar-refractivity contribution is -0.274. The van der Waals surface area contributed by atoms with E-state index in [0.717, 1.165) is 12.1 Å². The monoisotopic (exact) mass is 337 g/mol. The van der Waals surface area contributed by atoms with Gasteiger partial charge in [-0.15, -0.1) is 13.2 Å². The van der Waals surface area contributed by atoms with Crippen LogP contribution in [-0.4, -0.2) is 6.36 Å². The summed E-state index contributed by atoms with van der Waals surface area (Å²) in [5.41, 5.74) is 5.68. The summed E-state index contributed by atoms with van der Waals surface area (Å²) in [5, 5.41) is 0.0381. The van der Waals surface area contributed by atoms with Crippen LogP contribution in [-0.2, 0) is 0 Å². The van der Waals surface area contributed by atoms with Gasteiger partial charge in [0.25, 0.3) is 0 Å². The Kier molecular flexibility index (Phi) is 3.36. The zero-order chi connectivity index (χ0) is 10.9. The SMILES string of the molecule is Nc1c(Cl)cc(OC(F)(F)F)cc1I. The summed E-state index contributed by atoms with van der Waals surface area (Å²) in [4.78, 5) is 0. The van der Waals surface area contributed by atoms with Gasteiger partial charge in [0, 0.05) is 9.64 Å². The molecule has 0 heterocycles. The molecule has 0 aliphatic heterocycles. The predicted molar refractivity (Wildman–Crippen MR) is 55.3 cm³/mol. The highest BCUT2D eigenvalue weighted by molar-refractivity contribution is 14.1. The Hall–Kier alpha value is -0.370. The molecule has 78 valence electrons. The van der Waals surface area contributed by atoms with Gasteiger partial charge < -0.3 is 10.5 Å². The van der Waals surface area contributed by atoms with E-state index in [0.29, 0.717) is 3.57 Å². The van der Waals surface area contributed by atoms with E-state index in [1.807, 2.05) is 0 Å². The average molecular weight is 337 g/mol. The quantitative estimate of drug-likeness (QED) is 0.629. The fourth-order valence-electron chi connectivity index (χ4n) is 0.754. The third-order valence-electron chi connectivity index (χ3n) is 1.29. The summed E-state index contributed by atoms with van der Waals surface area (Å²) >= 11 is 7.34. The van der Waals surface area contributed by atoms with Crippen LogP contribution < -0.4 is 10.5 Å². The summed E-state index contributed by atoms with van der Waals surface area (Å²) in [7, 11) is 0. The molecule has 14 heavy (non-hydrogen) atoms. The van der Waals surface area contributed by atoms with Crippen LogP contribution in [0.2, 0.25) is 5.02 Å². The van der Waals surface area contributed by atoms with E-state index in [9.17, 15) is 13.2 Å². The van der Waals surface area contributed by atoms with Gasteiger partial charge >= 0.3 is 6.36 Å². The Labute approximate surface area is 96.3 Å². The summed E-state index contributed by atoms with van der Waals surface area (Å²) in [5.74, 6) is -0.374. The van der Waals surface area contributed by atoms with E-state index < -0.39 is 6.36 Å². The largest absolute Gasteiger partial charge is 0.573 e. The van der Waals surface area contributed by atoms with Crippen molar-refractivity contribution in [1.82, 2.24) is 0 Å². The number of rotatable bonds is 1. The number of alkyl halides is 3. The molecule has 0 saturated heterocycles. The summed E-state index contributed by atoms with van der Waals surface area (Å²) < 4.78 is 39.5. The summed E-state index contributed by atoms with van der Waals surface area (Å²) in [6, 6.07) is 2.18. The Morgan fingerprint density at radius 1 is 1.36 bits per heavy atom. The van der Waals surface area contributed by atoms with Crippen molar-refractivity contribution in [2.75, 3.05) is 5.73 Å². The number of anilines is 1. The van der Waals surface area contributed by atoms with Gasteiger partial charge in [-0.05, 0) is 28.7 Å². The molecule has 0 aliphatic rings. The summed E-state index contributed by atoms with van der Waals surface area (Å²) in [6.07, 6.45) is -4.72. The molecule has 0 bridgehead atoms. The molecule has 0 amide bonds. The Balaban J connectivity index is 3.02. The third kappa shape index (κ3) is 3.09. The zero-order valence-corrected chi connectivity index (χ0v) is 9.44. The minimum atomic E-state index is -4.72. The molecule has 0 spiro atoms. The van der Waals surface area contributed by atoms with Gasteiger partial charge in [-0.25, -0.2) is 0 Å². The third-order valence-corrected chi connectivity index (χ3v) is 2.49. The zero-order valence-electron chi connectivity index (χ0n) is 6.53. The van der Waals surface area contributed by atoms with Crippen molar-refractivity contribution in [2.24, 2.45) is 0 Å². The van der Waals surface area contributed by atoms with Gasteiger partial charge in [0.1, 0.15) is 5.75 Å². The first kappa shape index (κ1) is 11.7. The first-order valence-electron chi connectivity index (χ1n) is 3.30. The Bertz CT molecular complexity index is 332. The second-order valence-corrected chi connectivity index (χ2v) is 3.92. The Morgan fingerprint density at radius 3 is 2.36 bits per heavy atom. The van der Waals surface area contributed by atoms with Crippen molar-refractivity contribution in [2.45, 2.75) is 6.36 Å². The van der Waals surface area contributed by atoms with Crippen LogP contribution in [0.1, 0.15) is 0 Å². The molecule has 1 aromatic carbocycles. The molecule has 2 nitrogen and oxygen atoms in total.